The minimum absolute atomic E-state index is 0.0334. The Morgan fingerprint density at radius 3 is 2.32 bits per heavy atom. The van der Waals surface area contributed by atoms with Gasteiger partial charge in [0.05, 0.1) is 30.5 Å². The van der Waals surface area contributed by atoms with Crippen LogP contribution in [0.2, 0.25) is 0 Å². The average Bonchev–Trinajstić information content (AvgIpc) is 3.25. The second-order valence-corrected chi connectivity index (χ2v) is 18.5. The van der Waals surface area contributed by atoms with Gasteiger partial charge in [0.25, 0.3) is 11.7 Å². The van der Waals surface area contributed by atoms with Crippen LogP contribution in [0.5, 0.6) is 0 Å². The summed E-state index contributed by atoms with van der Waals surface area (Å²) >= 11 is 0. The smallest absolute Gasteiger partial charge is 0.329 e. The lowest BCUT2D eigenvalue weighted by atomic mass is 9.81. The molecule has 14 heteroatoms. The highest BCUT2D eigenvalue weighted by Crippen LogP contribution is 2.39. The molecule has 3 fully saturated rings. The second-order valence-electron chi connectivity index (χ2n) is 18.5. The van der Waals surface area contributed by atoms with Crippen molar-refractivity contribution in [1.82, 2.24) is 9.88 Å². The molecule has 14 atom stereocenters. The molecule has 0 spiro atoms. The number of methoxy groups -OCH3 is 2. The van der Waals surface area contributed by atoms with E-state index in [9.17, 15) is 39.6 Å². The van der Waals surface area contributed by atoms with Crippen LogP contribution in [0.15, 0.2) is 53.9 Å². The first-order chi connectivity index (χ1) is 29.5. The van der Waals surface area contributed by atoms with Gasteiger partial charge >= 0.3 is 5.97 Å². The van der Waals surface area contributed by atoms with Gasteiger partial charge in [0.2, 0.25) is 5.79 Å². The van der Waals surface area contributed by atoms with Crippen molar-refractivity contribution < 1.29 is 58.6 Å². The summed E-state index contributed by atoms with van der Waals surface area (Å²) < 4.78 is 23.6. The van der Waals surface area contributed by atoms with E-state index in [0.717, 1.165) is 16.0 Å². The summed E-state index contributed by atoms with van der Waals surface area (Å²) in [5.74, 6) is -8.38. The standard InChI is InChI=1S/C48H70N2O12/c1-28-21-29(2)23-40(54)44-42(60-7)25-31(4)48(58,62-44)45(55)46(56)50-20-9-8-13-36(50)47(57)61-43(30(3)24-34-14-15-37(51)41(26-34)59-6)32(5)38(52)27-39(53)35(22-28)12-10-11-33-16-18-49-19-17-33/h10-11,16-19,22,24,29,31-32,34-38,40-44,51-52,54,58H,8-9,12-15,20-21,23,25-27H2,1-7H3/b11-10+,28-22+,30-24+/t29-,31+,32+,34-,35+,36-,37+,38-,40-,41+,42-,43+,44+,48+/m0/s1. The lowest BCUT2D eigenvalue weighted by Gasteiger charge is -2.46. The van der Waals surface area contributed by atoms with Crippen LogP contribution >= 0.6 is 0 Å². The molecule has 3 aliphatic heterocycles. The first kappa shape index (κ1) is 49.4. The van der Waals surface area contributed by atoms with Crippen LogP contribution in [0.25, 0.3) is 6.08 Å². The maximum atomic E-state index is 14.4. The summed E-state index contributed by atoms with van der Waals surface area (Å²) in [6.07, 6.45) is 8.71. The maximum Gasteiger partial charge on any atom is 0.329 e. The number of ketones is 2. The summed E-state index contributed by atoms with van der Waals surface area (Å²) in [5.41, 5.74) is 2.44. The molecule has 1 aliphatic carbocycles. The highest BCUT2D eigenvalue weighted by molar-refractivity contribution is 6.39. The molecule has 5 rings (SSSR count). The zero-order valence-electron chi connectivity index (χ0n) is 37.6. The van der Waals surface area contributed by atoms with Crippen molar-refractivity contribution in [3.8, 4) is 0 Å². The van der Waals surface area contributed by atoms with E-state index < -0.39 is 83.9 Å². The molecule has 1 aromatic heterocycles. The quantitative estimate of drug-likeness (QED) is 0.164. The Bertz CT molecular complexity index is 1780. The Morgan fingerprint density at radius 2 is 1.63 bits per heavy atom. The van der Waals surface area contributed by atoms with Crippen molar-refractivity contribution in [2.75, 3.05) is 20.8 Å². The van der Waals surface area contributed by atoms with Gasteiger partial charge in [-0.1, -0.05) is 50.6 Å². The first-order valence-electron chi connectivity index (χ1n) is 22.5. The van der Waals surface area contributed by atoms with Crippen molar-refractivity contribution in [2.45, 2.75) is 160 Å². The fourth-order valence-corrected chi connectivity index (χ4v) is 9.87. The topological polar surface area (TPSA) is 202 Å². The molecule has 344 valence electrons. The SMILES string of the molecule is CO[C@H]1C[C@@H](C)[C@@]2(O)O[C@@H]1[C@@H](O)C[C@@H](C)C/C(C)=C/[C@@H](C/C=C/c1ccncc1)C(=O)C[C@H](O)[C@@H](C)[C@@H](/C(C)=C/[C@@H]1CC[C@@H](O)[C@H](OC)C1)OC(=O)[C@@H]1CCCCN1C(=O)C2=O. The van der Waals surface area contributed by atoms with E-state index in [1.165, 1.54) is 7.11 Å². The molecule has 1 saturated carbocycles. The zero-order valence-corrected chi connectivity index (χ0v) is 37.6. The number of rotatable bonds is 7. The number of hydrogen-bond donors (Lipinski definition) is 4. The molecular weight excluding hydrogens is 797 g/mol. The highest BCUT2D eigenvalue weighted by Gasteiger charge is 2.56. The van der Waals surface area contributed by atoms with Crippen LogP contribution in [-0.2, 0) is 38.1 Å². The monoisotopic (exact) mass is 866 g/mol. The Balaban J connectivity index is 1.54. The lowest BCUT2D eigenvalue weighted by molar-refractivity contribution is -0.301. The number of allylic oxidation sites excluding steroid dienone is 4. The number of carbonyl (C=O) groups is 4. The third-order valence-corrected chi connectivity index (χ3v) is 13.6. The van der Waals surface area contributed by atoms with Gasteiger partial charge in [-0.2, -0.15) is 0 Å². The molecule has 1 aromatic rings. The molecule has 0 radical (unpaired) electrons. The fourth-order valence-electron chi connectivity index (χ4n) is 9.87. The number of esters is 1. The number of aromatic nitrogens is 1. The van der Waals surface area contributed by atoms with Gasteiger partial charge in [0.15, 0.2) is 0 Å². The number of hydrogen-bond acceptors (Lipinski definition) is 13. The molecular formula is C48H70N2O12. The Kier molecular flexibility index (Phi) is 17.8. The van der Waals surface area contributed by atoms with Crippen molar-refractivity contribution in [1.29, 1.82) is 0 Å². The molecule has 2 saturated heterocycles. The normalized spacial score (nSPS) is 38.8. The van der Waals surface area contributed by atoms with Crippen molar-refractivity contribution >= 4 is 29.5 Å². The highest BCUT2D eigenvalue weighted by atomic mass is 16.7. The average molecular weight is 867 g/mol. The van der Waals surface area contributed by atoms with E-state index in [2.05, 4.69) is 4.98 Å². The molecule has 62 heavy (non-hydrogen) atoms. The minimum atomic E-state index is -2.60. The summed E-state index contributed by atoms with van der Waals surface area (Å²) in [5, 5.41) is 45.9. The predicted molar refractivity (Wildman–Crippen MR) is 231 cm³/mol. The number of amides is 1. The van der Waals surface area contributed by atoms with Gasteiger partial charge < -0.3 is 44.3 Å². The number of ether oxygens (including phenoxy) is 4. The van der Waals surface area contributed by atoms with Crippen LogP contribution in [0.4, 0.5) is 0 Å². The Morgan fingerprint density at radius 1 is 0.919 bits per heavy atom. The fraction of sp³-hybridized carbons (Fsp3) is 0.688. The molecule has 4 heterocycles. The maximum absolute atomic E-state index is 14.4. The molecule has 0 unspecified atom stereocenters. The number of nitrogens with zero attached hydrogens (tertiary/aromatic N) is 2. The number of aliphatic hydroxyl groups excluding tert-OH is 3. The third kappa shape index (κ3) is 12.1. The second kappa shape index (κ2) is 22.3. The molecule has 0 aromatic carbocycles. The van der Waals surface area contributed by atoms with Crippen LogP contribution in [0.3, 0.4) is 0 Å². The Hall–Kier alpha value is -3.63. The zero-order chi connectivity index (χ0) is 45.3. The van der Waals surface area contributed by atoms with E-state index in [4.69, 9.17) is 18.9 Å². The van der Waals surface area contributed by atoms with Gasteiger partial charge in [-0.3, -0.25) is 19.4 Å². The van der Waals surface area contributed by atoms with Crippen LogP contribution in [0, 0.1) is 29.6 Å². The lowest BCUT2D eigenvalue weighted by Crippen LogP contribution is -2.64. The largest absolute Gasteiger partial charge is 0.456 e. The first-order valence-corrected chi connectivity index (χ1v) is 22.5. The number of carbonyl (C=O) groups excluding carboxylic acids is 4. The predicted octanol–water partition coefficient (Wildman–Crippen LogP) is 4.91. The van der Waals surface area contributed by atoms with E-state index in [-0.39, 0.29) is 56.0 Å². The van der Waals surface area contributed by atoms with Gasteiger partial charge in [-0.05, 0) is 113 Å². The van der Waals surface area contributed by atoms with Gasteiger partial charge in [0, 0.05) is 57.3 Å². The van der Waals surface area contributed by atoms with E-state index >= 15 is 0 Å². The van der Waals surface area contributed by atoms with Gasteiger partial charge in [-0.15, -0.1) is 0 Å². The summed E-state index contributed by atoms with van der Waals surface area (Å²) in [6.45, 7) is 9.03. The number of pyridine rings is 1. The molecule has 4 aliphatic rings. The Labute approximate surface area is 366 Å². The van der Waals surface area contributed by atoms with Crippen LogP contribution < -0.4 is 0 Å². The van der Waals surface area contributed by atoms with E-state index in [1.807, 2.05) is 50.3 Å². The number of piperidine rings is 1. The number of Topliss-reactive ketones (excluding diaryl/α,β-unsaturated/α-hetero) is 2. The van der Waals surface area contributed by atoms with Crippen molar-refractivity contribution in [3.63, 3.8) is 0 Å². The molecule has 1 amide bonds. The van der Waals surface area contributed by atoms with Crippen molar-refractivity contribution in [3.05, 3.63) is 59.5 Å². The van der Waals surface area contributed by atoms with E-state index in [0.29, 0.717) is 50.5 Å². The minimum Gasteiger partial charge on any atom is -0.456 e. The van der Waals surface area contributed by atoms with Crippen molar-refractivity contribution in [2.24, 2.45) is 29.6 Å². The van der Waals surface area contributed by atoms with Crippen LogP contribution in [0.1, 0.15) is 111 Å². The summed E-state index contributed by atoms with van der Waals surface area (Å²) in [4.78, 5) is 62.3. The summed E-state index contributed by atoms with van der Waals surface area (Å²) in [6, 6.07) is 2.54. The molecule has 2 bridgehead atoms. The van der Waals surface area contributed by atoms with E-state index in [1.54, 1.807) is 40.3 Å². The van der Waals surface area contributed by atoms with Gasteiger partial charge in [-0.25, -0.2) is 4.79 Å². The summed E-state index contributed by atoms with van der Waals surface area (Å²) in [7, 11) is 3.02. The van der Waals surface area contributed by atoms with Crippen LogP contribution in [-0.4, -0.2) is 129 Å². The number of aliphatic hydroxyl groups is 4. The molecule has 4 N–H and O–H groups in total. The number of cyclic esters (lactones) is 1. The number of fused-ring (bicyclic) bond motifs is 3. The molecule has 14 nitrogen and oxygen atoms in total. The third-order valence-electron chi connectivity index (χ3n) is 13.6. The van der Waals surface area contributed by atoms with Gasteiger partial charge in [0.1, 0.15) is 24.0 Å².